The van der Waals surface area contributed by atoms with Crippen molar-refractivity contribution in [2.75, 3.05) is 5.32 Å². The van der Waals surface area contributed by atoms with Crippen LogP contribution in [0.5, 0.6) is 0 Å². The molecule has 0 spiro atoms. The van der Waals surface area contributed by atoms with Crippen LogP contribution in [-0.2, 0) is 0 Å². The minimum atomic E-state index is -0.244. The number of amides is 1. The molecule has 1 amide bonds. The van der Waals surface area contributed by atoms with Crippen LogP contribution in [-0.4, -0.2) is 20.3 Å². The normalized spacial score (nSPS) is 11.0. The van der Waals surface area contributed by atoms with Gasteiger partial charge in [-0.15, -0.1) is 0 Å². The standard InChI is InChI=1S/C18H14N4O/c1-12-5-2-9-16-20-15(11-22(12)16)18(23)21-14-8-3-6-13-7-4-10-19-17(13)14/h2-11H,1H3,(H,21,23). The first-order valence-electron chi connectivity index (χ1n) is 7.32. The predicted molar refractivity (Wildman–Crippen MR) is 89.6 cm³/mol. The Morgan fingerprint density at radius 3 is 2.78 bits per heavy atom. The Bertz CT molecular complexity index is 1030. The van der Waals surface area contributed by atoms with E-state index in [1.807, 2.05) is 59.9 Å². The molecule has 0 aliphatic carbocycles. The van der Waals surface area contributed by atoms with Gasteiger partial charge in [-0.05, 0) is 31.2 Å². The van der Waals surface area contributed by atoms with Crippen molar-refractivity contribution in [3.05, 3.63) is 72.3 Å². The van der Waals surface area contributed by atoms with E-state index >= 15 is 0 Å². The number of nitrogens with zero attached hydrogens (tertiary/aromatic N) is 3. The van der Waals surface area contributed by atoms with Gasteiger partial charge in [-0.25, -0.2) is 4.98 Å². The molecule has 0 radical (unpaired) electrons. The molecule has 3 aromatic heterocycles. The Morgan fingerprint density at radius 1 is 1.09 bits per heavy atom. The van der Waals surface area contributed by atoms with E-state index in [1.165, 1.54) is 0 Å². The van der Waals surface area contributed by atoms with Crippen molar-refractivity contribution < 1.29 is 4.79 Å². The molecule has 112 valence electrons. The first-order valence-corrected chi connectivity index (χ1v) is 7.32. The number of nitrogens with one attached hydrogen (secondary N) is 1. The quantitative estimate of drug-likeness (QED) is 0.617. The summed E-state index contributed by atoms with van der Waals surface area (Å²) >= 11 is 0. The molecule has 0 atom stereocenters. The Kier molecular flexibility index (Phi) is 3.05. The van der Waals surface area contributed by atoms with Gasteiger partial charge in [0, 0.05) is 23.5 Å². The number of aromatic nitrogens is 3. The second kappa shape index (κ2) is 5.21. The number of fused-ring (bicyclic) bond motifs is 2. The smallest absolute Gasteiger partial charge is 0.275 e. The van der Waals surface area contributed by atoms with E-state index in [2.05, 4.69) is 15.3 Å². The van der Waals surface area contributed by atoms with E-state index in [0.717, 1.165) is 22.2 Å². The Hall–Kier alpha value is -3.21. The van der Waals surface area contributed by atoms with Crippen molar-refractivity contribution in [1.29, 1.82) is 0 Å². The maximum absolute atomic E-state index is 12.5. The minimum Gasteiger partial charge on any atom is -0.319 e. The Morgan fingerprint density at radius 2 is 1.91 bits per heavy atom. The van der Waals surface area contributed by atoms with Crippen molar-refractivity contribution >= 4 is 28.1 Å². The molecule has 5 nitrogen and oxygen atoms in total. The SMILES string of the molecule is Cc1cccc2nc(C(=O)Nc3cccc4cccnc34)cn12. The van der Waals surface area contributed by atoms with Gasteiger partial charge in [0.05, 0.1) is 11.2 Å². The van der Waals surface area contributed by atoms with Crippen LogP contribution < -0.4 is 5.32 Å². The summed E-state index contributed by atoms with van der Waals surface area (Å²) < 4.78 is 1.90. The second-order valence-electron chi connectivity index (χ2n) is 5.36. The number of hydrogen-bond donors (Lipinski definition) is 1. The van der Waals surface area contributed by atoms with Crippen molar-refractivity contribution in [2.45, 2.75) is 6.92 Å². The number of aryl methyl sites for hydroxylation is 1. The maximum atomic E-state index is 12.5. The van der Waals surface area contributed by atoms with Crippen LogP contribution in [0.15, 0.2) is 60.9 Å². The molecule has 1 N–H and O–H groups in total. The van der Waals surface area contributed by atoms with Gasteiger partial charge < -0.3 is 9.72 Å². The van der Waals surface area contributed by atoms with Crippen molar-refractivity contribution in [1.82, 2.24) is 14.4 Å². The van der Waals surface area contributed by atoms with E-state index < -0.39 is 0 Å². The minimum absolute atomic E-state index is 0.244. The molecule has 3 heterocycles. The summed E-state index contributed by atoms with van der Waals surface area (Å²) in [6.07, 6.45) is 3.46. The summed E-state index contributed by atoms with van der Waals surface area (Å²) in [5.41, 5.74) is 3.62. The van der Waals surface area contributed by atoms with Crippen LogP contribution in [0.3, 0.4) is 0 Å². The molecule has 4 aromatic rings. The fourth-order valence-electron chi connectivity index (χ4n) is 2.65. The molecule has 0 saturated heterocycles. The molecule has 4 rings (SSSR count). The lowest BCUT2D eigenvalue weighted by Crippen LogP contribution is -2.12. The number of imidazole rings is 1. The molecular weight excluding hydrogens is 288 g/mol. The molecule has 0 aliphatic heterocycles. The maximum Gasteiger partial charge on any atom is 0.275 e. The summed E-state index contributed by atoms with van der Waals surface area (Å²) in [5, 5.41) is 3.89. The Labute approximate surface area is 132 Å². The number of rotatable bonds is 2. The number of benzene rings is 1. The van der Waals surface area contributed by atoms with Gasteiger partial charge in [-0.2, -0.15) is 0 Å². The number of carbonyl (C=O) groups excluding carboxylic acids is 1. The highest BCUT2D eigenvalue weighted by Crippen LogP contribution is 2.21. The zero-order valence-corrected chi connectivity index (χ0v) is 12.5. The number of carbonyl (C=O) groups is 1. The summed E-state index contributed by atoms with van der Waals surface area (Å²) in [7, 11) is 0. The second-order valence-corrected chi connectivity index (χ2v) is 5.36. The molecular formula is C18H14N4O. The van der Waals surface area contributed by atoms with Gasteiger partial charge >= 0.3 is 0 Å². The van der Waals surface area contributed by atoms with Gasteiger partial charge in [0.25, 0.3) is 5.91 Å². The summed E-state index contributed by atoms with van der Waals surface area (Å²) in [6.45, 7) is 1.98. The van der Waals surface area contributed by atoms with Crippen LogP contribution in [0.1, 0.15) is 16.2 Å². The zero-order chi connectivity index (χ0) is 15.8. The molecule has 0 saturated carbocycles. The van der Waals surface area contributed by atoms with Crippen LogP contribution in [0, 0.1) is 6.92 Å². The van der Waals surface area contributed by atoms with Crippen LogP contribution >= 0.6 is 0 Å². The van der Waals surface area contributed by atoms with E-state index in [9.17, 15) is 4.79 Å². The number of pyridine rings is 2. The summed E-state index contributed by atoms with van der Waals surface area (Å²) in [5.74, 6) is -0.244. The van der Waals surface area contributed by atoms with Gasteiger partial charge in [-0.3, -0.25) is 9.78 Å². The highest BCUT2D eigenvalue weighted by atomic mass is 16.1. The molecule has 5 heteroatoms. The largest absolute Gasteiger partial charge is 0.319 e. The first-order chi connectivity index (χ1) is 11.2. The monoisotopic (exact) mass is 302 g/mol. The van der Waals surface area contributed by atoms with E-state index in [0.29, 0.717) is 11.4 Å². The molecule has 0 unspecified atom stereocenters. The average Bonchev–Trinajstić information content (AvgIpc) is 3.01. The first kappa shape index (κ1) is 13.5. The molecule has 0 bridgehead atoms. The highest BCUT2D eigenvalue weighted by Gasteiger charge is 2.13. The van der Waals surface area contributed by atoms with E-state index in [1.54, 1.807) is 12.4 Å². The lowest BCUT2D eigenvalue weighted by Gasteiger charge is -2.06. The van der Waals surface area contributed by atoms with Crippen LogP contribution in [0.25, 0.3) is 16.6 Å². The Balaban J connectivity index is 1.72. The van der Waals surface area contributed by atoms with Gasteiger partial charge in [-0.1, -0.05) is 24.3 Å². The van der Waals surface area contributed by atoms with Gasteiger partial charge in [0.2, 0.25) is 0 Å². The van der Waals surface area contributed by atoms with Crippen LogP contribution in [0.4, 0.5) is 5.69 Å². The lowest BCUT2D eigenvalue weighted by molar-refractivity contribution is 0.102. The third-order valence-corrected chi connectivity index (χ3v) is 3.81. The fourth-order valence-corrected chi connectivity index (χ4v) is 2.65. The number of anilines is 1. The molecule has 0 aliphatic rings. The van der Waals surface area contributed by atoms with E-state index in [4.69, 9.17) is 0 Å². The van der Waals surface area contributed by atoms with Gasteiger partial charge in [0.1, 0.15) is 11.3 Å². The van der Waals surface area contributed by atoms with Crippen molar-refractivity contribution in [3.8, 4) is 0 Å². The number of para-hydroxylation sites is 1. The fraction of sp³-hybridized carbons (Fsp3) is 0.0556. The van der Waals surface area contributed by atoms with Crippen molar-refractivity contribution in [2.24, 2.45) is 0 Å². The lowest BCUT2D eigenvalue weighted by atomic mass is 10.2. The zero-order valence-electron chi connectivity index (χ0n) is 12.5. The summed E-state index contributed by atoms with van der Waals surface area (Å²) in [4.78, 5) is 21.2. The van der Waals surface area contributed by atoms with Gasteiger partial charge in [0.15, 0.2) is 0 Å². The summed E-state index contributed by atoms with van der Waals surface area (Å²) in [6, 6.07) is 15.3. The number of hydrogen-bond acceptors (Lipinski definition) is 3. The molecule has 23 heavy (non-hydrogen) atoms. The predicted octanol–water partition coefficient (Wildman–Crippen LogP) is 3.44. The average molecular weight is 302 g/mol. The molecule has 1 aromatic carbocycles. The third-order valence-electron chi connectivity index (χ3n) is 3.81. The third kappa shape index (κ3) is 2.32. The van der Waals surface area contributed by atoms with Crippen LogP contribution in [0.2, 0.25) is 0 Å². The van der Waals surface area contributed by atoms with E-state index in [-0.39, 0.29) is 5.91 Å². The highest BCUT2D eigenvalue weighted by molar-refractivity contribution is 6.07. The molecule has 0 fully saturated rings. The van der Waals surface area contributed by atoms with Crippen molar-refractivity contribution in [3.63, 3.8) is 0 Å². The topological polar surface area (TPSA) is 59.3 Å².